The first kappa shape index (κ1) is 11.9. The fraction of sp³-hybridized carbons (Fsp3) is 0.462. The summed E-state index contributed by atoms with van der Waals surface area (Å²) < 4.78 is 10.8. The number of carboxylic acids is 1. The highest BCUT2D eigenvalue weighted by Gasteiger charge is 2.31. The van der Waals surface area contributed by atoms with Crippen LogP contribution in [-0.4, -0.2) is 30.4 Å². The normalized spacial score (nSPS) is 18.6. The van der Waals surface area contributed by atoms with Crippen molar-refractivity contribution in [2.75, 3.05) is 13.2 Å². The molecule has 0 radical (unpaired) electrons. The Morgan fingerprint density at radius 1 is 1.29 bits per heavy atom. The van der Waals surface area contributed by atoms with Crippen LogP contribution in [0.2, 0.25) is 0 Å². The molecule has 0 saturated carbocycles. The maximum absolute atomic E-state index is 11.2. The summed E-state index contributed by atoms with van der Waals surface area (Å²) in [6.45, 7) is 1.24. The van der Waals surface area contributed by atoms with Gasteiger partial charge in [-0.1, -0.05) is 18.2 Å². The number of ether oxygens (including phenoxy) is 2. The van der Waals surface area contributed by atoms with Crippen molar-refractivity contribution < 1.29 is 19.4 Å². The number of para-hydroxylation sites is 1. The highest BCUT2D eigenvalue weighted by molar-refractivity contribution is 5.73. The minimum Gasteiger partial charge on any atom is -0.478 e. The zero-order valence-electron chi connectivity index (χ0n) is 9.54. The molecule has 0 amide bonds. The molecule has 1 heterocycles. The average Bonchev–Trinajstić information content (AvgIpc) is 2.38. The third-order valence-corrected chi connectivity index (χ3v) is 2.94. The van der Waals surface area contributed by atoms with E-state index in [-0.39, 0.29) is 5.92 Å². The monoisotopic (exact) mass is 236 g/mol. The van der Waals surface area contributed by atoms with E-state index < -0.39 is 12.1 Å². The molecule has 1 atom stereocenters. The lowest BCUT2D eigenvalue weighted by Crippen LogP contribution is -2.38. The summed E-state index contributed by atoms with van der Waals surface area (Å²) in [5.41, 5.74) is 0. The predicted octanol–water partition coefficient (Wildman–Crippen LogP) is 1.95. The number of benzene rings is 1. The molecule has 17 heavy (non-hydrogen) atoms. The van der Waals surface area contributed by atoms with Crippen LogP contribution in [-0.2, 0) is 9.53 Å². The summed E-state index contributed by atoms with van der Waals surface area (Å²) in [6.07, 6.45) is 0.703. The molecule has 1 aliphatic heterocycles. The Morgan fingerprint density at radius 2 is 1.94 bits per heavy atom. The predicted molar refractivity (Wildman–Crippen MR) is 62.0 cm³/mol. The van der Waals surface area contributed by atoms with Crippen LogP contribution in [0.25, 0.3) is 0 Å². The van der Waals surface area contributed by atoms with Gasteiger partial charge in [-0.2, -0.15) is 0 Å². The first-order valence-electron chi connectivity index (χ1n) is 5.79. The van der Waals surface area contributed by atoms with Crippen molar-refractivity contribution in [1.29, 1.82) is 0 Å². The van der Waals surface area contributed by atoms with Crippen LogP contribution in [0.4, 0.5) is 0 Å². The van der Waals surface area contributed by atoms with Gasteiger partial charge in [0.15, 0.2) is 6.10 Å². The van der Waals surface area contributed by atoms with Crippen LogP contribution in [0, 0.1) is 5.92 Å². The number of carboxylic acid groups (broad SMARTS) is 1. The lowest BCUT2D eigenvalue weighted by molar-refractivity contribution is -0.149. The third-order valence-electron chi connectivity index (χ3n) is 2.94. The SMILES string of the molecule is O=C(O)C(Oc1ccccc1)C1CCOCC1. The molecule has 0 bridgehead atoms. The fourth-order valence-electron chi connectivity index (χ4n) is 2.01. The van der Waals surface area contributed by atoms with Crippen LogP contribution in [0.3, 0.4) is 0 Å². The lowest BCUT2D eigenvalue weighted by Gasteiger charge is -2.27. The molecule has 4 heteroatoms. The maximum Gasteiger partial charge on any atom is 0.345 e. The molecule has 4 nitrogen and oxygen atoms in total. The van der Waals surface area contributed by atoms with E-state index in [2.05, 4.69) is 0 Å². The number of aliphatic carboxylic acids is 1. The van der Waals surface area contributed by atoms with E-state index in [4.69, 9.17) is 9.47 Å². The molecule has 92 valence electrons. The Hall–Kier alpha value is -1.55. The first-order chi connectivity index (χ1) is 8.27. The van der Waals surface area contributed by atoms with Crippen LogP contribution < -0.4 is 4.74 Å². The van der Waals surface area contributed by atoms with Crippen molar-refractivity contribution in [3.8, 4) is 5.75 Å². The molecule has 1 fully saturated rings. The summed E-state index contributed by atoms with van der Waals surface area (Å²) >= 11 is 0. The van der Waals surface area contributed by atoms with Gasteiger partial charge < -0.3 is 14.6 Å². The number of carbonyl (C=O) groups is 1. The Labute approximate surface area is 100 Å². The second kappa shape index (κ2) is 5.68. The molecule has 1 saturated heterocycles. The van der Waals surface area contributed by atoms with Gasteiger partial charge in [-0.05, 0) is 25.0 Å². The summed E-state index contributed by atoms with van der Waals surface area (Å²) in [7, 11) is 0. The van der Waals surface area contributed by atoms with E-state index in [1.165, 1.54) is 0 Å². The Balaban J connectivity index is 2.04. The van der Waals surface area contributed by atoms with Crippen molar-refractivity contribution in [1.82, 2.24) is 0 Å². The van der Waals surface area contributed by atoms with Gasteiger partial charge in [-0.3, -0.25) is 0 Å². The topological polar surface area (TPSA) is 55.8 Å². The van der Waals surface area contributed by atoms with E-state index in [0.29, 0.717) is 19.0 Å². The fourth-order valence-corrected chi connectivity index (χ4v) is 2.01. The van der Waals surface area contributed by atoms with E-state index in [1.807, 2.05) is 18.2 Å². The van der Waals surface area contributed by atoms with Crippen molar-refractivity contribution in [2.24, 2.45) is 5.92 Å². The molecule has 1 aliphatic rings. The molecule has 1 N–H and O–H groups in total. The largest absolute Gasteiger partial charge is 0.478 e. The Morgan fingerprint density at radius 3 is 2.53 bits per heavy atom. The number of hydrogen-bond acceptors (Lipinski definition) is 3. The highest BCUT2D eigenvalue weighted by Crippen LogP contribution is 2.23. The highest BCUT2D eigenvalue weighted by atomic mass is 16.5. The Bertz CT molecular complexity index is 357. The van der Waals surface area contributed by atoms with Crippen molar-refractivity contribution in [3.63, 3.8) is 0 Å². The second-order valence-corrected chi connectivity index (χ2v) is 4.14. The molecule has 0 spiro atoms. The van der Waals surface area contributed by atoms with Gasteiger partial charge in [0.1, 0.15) is 5.75 Å². The number of rotatable bonds is 4. The van der Waals surface area contributed by atoms with Crippen molar-refractivity contribution in [3.05, 3.63) is 30.3 Å². The smallest absolute Gasteiger partial charge is 0.345 e. The zero-order valence-corrected chi connectivity index (χ0v) is 9.54. The first-order valence-corrected chi connectivity index (χ1v) is 5.79. The standard InChI is InChI=1S/C13H16O4/c14-13(15)12(10-6-8-16-9-7-10)17-11-4-2-1-3-5-11/h1-5,10,12H,6-9H2,(H,14,15). The van der Waals surface area contributed by atoms with Gasteiger partial charge in [0.2, 0.25) is 0 Å². The van der Waals surface area contributed by atoms with Crippen molar-refractivity contribution in [2.45, 2.75) is 18.9 Å². The third kappa shape index (κ3) is 3.20. The summed E-state index contributed by atoms with van der Waals surface area (Å²) in [5.74, 6) is -0.270. The zero-order chi connectivity index (χ0) is 12.1. The van der Waals surface area contributed by atoms with Gasteiger partial charge in [0, 0.05) is 19.1 Å². The molecular weight excluding hydrogens is 220 g/mol. The molecule has 1 unspecified atom stereocenters. The van der Waals surface area contributed by atoms with Gasteiger partial charge in [-0.15, -0.1) is 0 Å². The van der Waals surface area contributed by atoms with Crippen LogP contribution in [0.15, 0.2) is 30.3 Å². The number of hydrogen-bond donors (Lipinski definition) is 1. The minimum atomic E-state index is -0.902. The quantitative estimate of drug-likeness (QED) is 0.868. The Kier molecular flexibility index (Phi) is 3.98. The van der Waals surface area contributed by atoms with Crippen LogP contribution in [0.5, 0.6) is 5.75 Å². The van der Waals surface area contributed by atoms with Crippen LogP contribution in [0.1, 0.15) is 12.8 Å². The second-order valence-electron chi connectivity index (χ2n) is 4.14. The van der Waals surface area contributed by atoms with E-state index in [9.17, 15) is 9.90 Å². The van der Waals surface area contributed by atoms with Gasteiger partial charge in [-0.25, -0.2) is 4.79 Å². The summed E-state index contributed by atoms with van der Waals surface area (Å²) in [5, 5.41) is 9.22. The molecule has 0 aliphatic carbocycles. The van der Waals surface area contributed by atoms with Gasteiger partial charge in [0.25, 0.3) is 0 Å². The van der Waals surface area contributed by atoms with Gasteiger partial charge >= 0.3 is 5.97 Å². The van der Waals surface area contributed by atoms with Gasteiger partial charge in [0.05, 0.1) is 0 Å². The molecule has 1 aromatic rings. The molecule has 0 aromatic heterocycles. The van der Waals surface area contributed by atoms with Crippen molar-refractivity contribution >= 4 is 5.97 Å². The molecule has 1 aromatic carbocycles. The van der Waals surface area contributed by atoms with E-state index in [0.717, 1.165) is 12.8 Å². The molecule has 2 rings (SSSR count). The van der Waals surface area contributed by atoms with Crippen LogP contribution >= 0.6 is 0 Å². The van der Waals surface area contributed by atoms with E-state index >= 15 is 0 Å². The molecular formula is C13H16O4. The van der Waals surface area contributed by atoms with E-state index in [1.54, 1.807) is 12.1 Å². The summed E-state index contributed by atoms with van der Waals surface area (Å²) in [6, 6.07) is 9.08. The average molecular weight is 236 g/mol. The minimum absolute atomic E-state index is 0.0291. The summed E-state index contributed by atoms with van der Waals surface area (Å²) in [4.78, 5) is 11.2. The lowest BCUT2D eigenvalue weighted by atomic mass is 9.94. The maximum atomic E-state index is 11.2.